The third-order valence-corrected chi connectivity index (χ3v) is 6.97. The van der Waals surface area contributed by atoms with Crippen LogP contribution in [0.2, 0.25) is 0 Å². The summed E-state index contributed by atoms with van der Waals surface area (Å²) in [5.41, 5.74) is 1.48. The van der Waals surface area contributed by atoms with Crippen LogP contribution in [0.4, 0.5) is 8.78 Å². The van der Waals surface area contributed by atoms with E-state index in [0.717, 1.165) is 28.7 Å². The smallest absolute Gasteiger partial charge is 0.305 e. The molecule has 1 fully saturated rings. The van der Waals surface area contributed by atoms with Crippen LogP contribution in [0.5, 0.6) is 0 Å². The van der Waals surface area contributed by atoms with Gasteiger partial charge in [0.05, 0.1) is 12.5 Å². The van der Waals surface area contributed by atoms with Crippen molar-refractivity contribution >= 4 is 23.7 Å². The minimum atomic E-state index is -1.45. The van der Waals surface area contributed by atoms with E-state index in [9.17, 15) is 33.1 Å². The molecule has 214 valence electrons. The van der Waals surface area contributed by atoms with Gasteiger partial charge >= 0.3 is 5.97 Å². The van der Waals surface area contributed by atoms with Crippen LogP contribution in [-0.2, 0) is 15.0 Å². The van der Waals surface area contributed by atoms with E-state index < -0.39 is 54.0 Å². The molecular formula is C31H31F2N3O5. The molecule has 2 unspecified atom stereocenters. The van der Waals surface area contributed by atoms with Crippen molar-refractivity contribution < 1.29 is 33.1 Å². The summed E-state index contributed by atoms with van der Waals surface area (Å²) in [5.74, 6) is -4.36. The SMILES string of the molecule is CC(C)(C)c1ccc(C(=O)N2CCN(C(=O)c3cccc(F)c3)C2C(=O)NC(CC(=O)O)c2ccc(F)cc2)cc1. The number of carboxylic acid groups (broad SMARTS) is 1. The van der Waals surface area contributed by atoms with Gasteiger partial charge in [0.2, 0.25) is 0 Å². The molecular weight excluding hydrogens is 532 g/mol. The van der Waals surface area contributed by atoms with E-state index in [0.29, 0.717) is 11.1 Å². The van der Waals surface area contributed by atoms with Crippen molar-refractivity contribution in [3.8, 4) is 0 Å². The highest BCUT2D eigenvalue weighted by Crippen LogP contribution is 2.26. The van der Waals surface area contributed by atoms with Crippen molar-refractivity contribution in [2.24, 2.45) is 0 Å². The Balaban J connectivity index is 1.68. The van der Waals surface area contributed by atoms with Gasteiger partial charge in [0, 0.05) is 24.2 Å². The van der Waals surface area contributed by atoms with Gasteiger partial charge in [0.25, 0.3) is 17.7 Å². The predicted molar refractivity (Wildman–Crippen MR) is 147 cm³/mol. The largest absolute Gasteiger partial charge is 0.481 e. The monoisotopic (exact) mass is 563 g/mol. The molecule has 2 N–H and O–H groups in total. The van der Waals surface area contributed by atoms with Crippen LogP contribution in [0.1, 0.15) is 65.1 Å². The lowest BCUT2D eigenvalue weighted by Crippen LogP contribution is -2.54. The third kappa shape index (κ3) is 6.77. The van der Waals surface area contributed by atoms with Crippen molar-refractivity contribution in [1.82, 2.24) is 15.1 Å². The van der Waals surface area contributed by atoms with E-state index in [1.165, 1.54) is 35.2 Å². The molecule has 2 atom stereocenters. The highest BCUT2D eigenvalue weighted by molar-refractivity contribution is 6.02. The summed E-state index contributed by atoms with van der Waals surface area (Å²) < 4.78 is 27.4. The van der Waals surface area contributed by atoms with Gasteiger partial charge in [0.15, 0.2) is 6.17 Å². The minimum absolute atomic E-state index is 0.00718. The van der Waals surface area contributed by atoms with E-state index in [-0.39, 0.29) is 24.1 Å². The fourth-order valence-electron chi connectivity index (χ4n) is 4.77. The molecule has 0 radical (unpaired) electrons. The second-order valence-corrected chi connectivity index (χ2v) is 10.9. The Morgan fingerprint density at radius 2 is 1.44 bits per heavy atom. The van der Waals surface area contributed by atoms with E-state index in [4.69, 9.17) is 0 Å². The first-order valence-electron chi connectivity index (χ1n) is 13.1. The number of carboxylic acids is 1. The number of carbonyl (C=O) groups excluding carboxylic acids is 3. The average Bonchev–Trinajstić information content (AvgIpc) is 3.37. The van der Waals surface area contributed by atoms with Crippen molar-refractivity contribution in [3.63, 3.8) is 0 Å². The van der Waals surface area contributed by atoms with Gasteiger partial charge < -0.3 is 20.2 Å². The first-order chi connectivity index (χ1) is 19.3. The Morgan fingerprint density at radius 3 is 1.98 bits per heavy atom. The van der Waals surface area contributed by atoms with Crippen LogP contribution in [-0.4, -0.2) is 57.9 Å². The molecule has 8 nitrogen and oxygen atoms in total. The maximum Gasteiger partial charge on any atom is 0.305 e. The summed E-state index contributed by atoms with van der Waals surface area (Å²) in [6.45, 7) is 6.11. The lowest BCUT2D eigenvalue weighted by atomic mass is 9.86. The molecule has 0 spiro atoms. The molecule has 41 heavy (non-hydrogen) atoms. The van der Waals surface area contributed by atoms with Crippen LogP contribution in [0.15, 0.2) is 72.8 Å². The van der Waals surface area contributed by atoms with Gasteiger partial charge in [-0.15, -0.1) is 0 Å². The minimum Gasteiger partial charge on any atom is -0.481 e. The van der Waals surface area contributed by atoms with Gasteiger partial charge in [-0.2, -0.15) is 0 Å². The molecule has 0 aliphatic carbocycles. The number of carbonyl (C=O) groups is 4. The van der Waals surface area contributed by atoms with Gasteiger partial charge in [-0.1, -0.05) is 51.1 Å². The first kappa shape index (κ1) is 29.4. The molecule has 1 saturated heterocycles. The number of hydrogen-bond donors (Lipinski definition) is 2. The number of nitrogens with zero attached hydrogens (tertiary/aromatic N) is 2. The fraction of sp³-hybridized carbons (Fsp3) is 0.290. The van der Waals surface area contributed by atoms with Crippen molar-refractivity contribution in [2.45, 2.75) is 44.8 Å². The lowest BCUT2D eigenvalue weighted by molar-refractivity contribution is -0.138. The Kier molecular flexibility index (Phi) is 8.51. The number of hydrogen-bond acceptors (Lipinski definition) is 4. The Hall–Kier alpha value is -4.60. The van der Waals surface area contributed by atoms with Crippen LogP contribution >= 0.6 is 0 Å². The van der Waals surface area contributed by atoms with Crippen molar-refractivity contribution in [1.29, 1.82) is 0 Å². The zero-order valence-electron chi connectivity index (χ0n) is 22.9. The van der Waals surface area contributed by atoms with E-state index >= 15 is 0 Å². The standard InChI is InChI=1S/C31H31F2N3O5/c1-31(2,3)22-11-7-20(8-12-22)29(40)35-15-16-36(30(41)21-5-4-6-24(33)17-21)28(35)27(39)34-25(18-26(37)38)19-9-13-23(32)14-10-19/h4-14,17,25,28H,15-16,18H2,1-3H3,(H,34,39)(H,37,38). The molecule has 3 amide bonds. The number of halogens is 2. The Morgan fingerprint density at radius 1 is 0.854 bits per heavy atom. The summed E-state index contributed by atoms with van der Waals surface area (Å²) in [6, 6.07) is 15.9. The van der Waals surface area contributed by atoms with Crippen LogP contribution in [0, 0.1) is 11.6 Å². The second-order valence-electron chi connectivity index (χ2n) is 10.9. The summed E-state index contributed by atoms with van der Waals surface area (Å²) >= 11 is 0. The normalized spacial score (nSPS) is 15.9. The van der Waals surface area contributed by atoms with Gasteiger partial charge in [-0.05, 0) is 59.0 Å². The fourth-order valence-corrected chi connectivity index (χ4v) is 4.77. The third-order valence-electron chi connectivity index (χ3n) is 6.97. The number of benzene rings is 3. The van der Waals surface area contributed by atoms with Crippen molar-refractivity contribution in [3.05, 3.63) is 107 Å². The van der Waals surface area contributed by atoms with E-state index in [1.807, 2.05) is 32.9 Å². The molecule has 0 saturated carbocycles. The molecule has 3 aromatic rings. The molecule has 0 bridgehead atoms. The molecule has 1 aliphatic rings. The molecule has 1 heterocycles. The molecule has 1 aliphatic heterocycles. The second kappa shape index (κ2) is 11.9. The quantitative estimate of drug-likeness (QED) is 0.440. The maximum absolute atomic E-state index is 13.9. The maximum atomic E-state index is 13.9. The van der Waals surface area contributed by atoms with Crippen LogP contribution in [0.25, 0.3) is 0 Å². The highest BCUT2D eigenvalue weighted by atomic mass is 19.1. The molecule has 0 aromatic heterocycles. The van der Waals surface area contributed by atoms with E-state index in [1.54, 1.807) is 12.1 Å². The van der Waals surface area contributed by atoms with Gasteiger partial charge in [-0.25, -0.2) is 8.78 Å². The van der Waals surface area contributed by atoms with Gasteiger partial charge in [0.1, 0.15) is 11.6 Å². The van der Waals surface area contributed by atoms with Crippen LogP contribution < -0.4 is 5.32 Å². The zero-order chi connectivity index (χ0) is 29.9. The number of aliphatic carboxylic acids is 1. The molecule has 10 heteroatoms. The summed E-state index contributed by atoms with van der Waals surface area (Å²) in [5, 5.41) is 12.1. The highest BCUT2D eigenvalue weighted by Gasteiger charge is 2.44. The molecule has 4 rings (SSSR count). The van der Waals surface area contributed by atoms with Crippen LogP contribution in [0.3, 0.4) is 0 Å². The number of nitrogens with one attached hydrogen (secondary N) is 1. The summed E-state index contributed by atoms with van der Waals surface area (Å²) in [7, 11) is 0. The first-order valence-corrected chi connectivity index (χ1v) is 13.1. The van der Waals surface area contributed by atoms with Crippen molar-refractivity contribution in [2.75, 3.05) is 13.1 Å². The number of rotatable bonds is 7. The summed E-state index contributed by atoms with van der Waals surface area (Å²) in [4.78, 5) is 54.9. The van der Waals surface area contributed by atoms with E-state index in [2.05, 4.69) is 5.32 Å². The summed E-state index contributed by atoms with van der Waals surface area (Å²) in [6.07, 6.45) is -1.97. The Bertz CT molecular complexity index is 1450. The lowest BCUT2D eigenvalue weighted by Gasteiger charge is -2.31. The number of amides is 3. The van der Waals surface area contributed by atoms with Gasteiger partial charge in [-0.3, -0.25) is 19.2 Å². The predicted octanol–water partition coefficient (Wildman–Crippen LogP) is 4.52. The zero-order valence-corrected chi connectivity index (χ0v) is 22.9. The topological polar surface area (TPSA) is 107 Å². The molecule has 3 aromatic carbocycles. The average molecular weight is 564 g/mol. The Labute approximate surface area is 236 Å².